The number of aliphatic hydroxyl groups excluding tert-OH is 1. The smallest absolute Gasteiger partial charge is 0.392 e. The summed E-state index contributed by atoms with van der Waals surface area (Å²) in [6.45, 7) is 4.87. The number of phosphoric acid groups is 1. The fourth-order valence-corrected chi connectivity index (χ4v) is 9.75. The summed E-state index contributed by atoms with van der Waals surface area (Å²) in [5.74, 6) is 0.712. The predicted octanol–water partition coefficient (Wildman–Crippen LogP) is 7.30. The number of hydrogen-bond donors (Lipinski definition) is 1. The molecule has 9 heteroatoms. The van der Waals surface area contributed by atoms with Crippen molar-refractivity contribution in [2.75, 3.05) is 13.2 Å². The summed E-state index contributed by atoms with van der Waals surface area (Å²) in [6, 6.07) is 4.91. The van der Waals surface area contributed by atoms with Crippen molar-refractivity contribution in [2.45, 2.75) is 96.3 Å². The predicted molar refractivity (Wildman–Crippen MR) is 147 cm³/mol. The van der Waals surface area contributed by atoms with Crippen molar-refractivity contribution in [3.05, 3.63) is 42.1 Å². The third-order valence-corrected chi connectivity index (χ3v) is 11.3. The maximum Gasteiger partial charge on any atom is 0.475 e. The zero-order chi connectivity index (χ0) is 27.2. The summed E-state index contributed by atoms with van der Waals surface area (Å²) >= 11 is 0. The highest BCUT2D eigenvalue weighted by Gasteiger charge is 2.60. The standard InChI is InChI=1S/C30H42FN2O5P/c1-3-5-10-36-39(35,37-11-6-4-2)38-29-21-12-20-13-22(29)17-30(15-20,16-21)27(34)14-25-28-23(8-7-9-24(28)31)26-18-32-19-33(25)26/h7-9,18-22,25,27,29,34H,3-6,10-17H2,1-2H3. The molecule has 4 saturated carbocycles. The quantitative estimate of drug-likeness (QED) is 0.205. The Morgan fingerprint density at radius 3 is 2.49 bits per heavy atom. The van der Waals surface area contributed by atoms with Crippen LogP contribution in [0.5, 0.6) is 0 Å². The van der Waals surface area contributed by atoms with Crippen molar-refractivity contribution >= 4 is 7.82 Å². The maximum absolute atomic E-state index is 15.0. The van der Waals surface area contributed by atoms with Crippen LogP contribution in [-0.2, 0) is 18.1 Å². The lowest BCUT2D eigenvalue weighted by Crippen LogP contribution is -2.58. The molecule has 1 N–H and O–H groups in total. The van der Waals surface area contributed by atoms with E-state index in [0.717, 1.165) is 69.0 Å². The molecule has 7 nitrogen and oxygen atoms in total. The van der Waals surface area contributed by atoms with Gasteiger partial charge in [0.15, 0.2) is 0 Å². The summed E-state index contributed by atoms with van der Waals surface area (Å²) in [5.41, 5.74) is 2.20. The molecule has 1 aromatic heterocycles. The highest BCUT2D eigenvalue weighted by Crippen LogP contribution is 2.66. The van der Waals surface area contributed by atoms with Crippen molar-refractivity contribution in [1.29, 1.82) is 0 Å². The second-order valence-electron chi connectivity index (χ2n) is 12.4. The van der Waals surface area contributed by atoms with E-state index < -0.39 is 13.9 Å². The minimum Gasteiger partial charge on any atom is -0.392 e. The van der Waals surface area contributed by atoms with Crippen LogP contribution in [0.4, 0.5) is 4.39 Å². The van der Waals surface area contributed by atoms with Gasteiger partial charge in [-0.05, 0) is 80.6 Å². The van der Waals surface area contributed by atoms with Gasteiger partial charge < -0.3 is 9.67 Å². The Bertz CT molecular complexity index is 1190. The fourth-order valence-electron chi connectivity index (χ4n) is 8.20. The topological polar surface area (TPSA) is 82.8 Å². The molecule has 0 spiro atoms. The molecule has 4 unspecified atom stereocenters. The van der Waals surface area contributed by atoms with Gasteiger partial charge >= 0.3 is 7.82 Å². The summed E-state index contributed by atoms with van der Waals surface area (Å²) in [7, 11) is -3.66. The van der Waals surface area contributed by atoms with E-state index in [0.29, 0.717) is 31.1 Å². The van der Waals surface area contributed by atoms with Crippen LogP contribution >= 0.6 is 7.82 Å². The summed E-state index contributed by atoms with van der Waals surface area (Å²) < 4.78 is 48.6. The number of fused-ring (bicyclic) bond motifs is 3. The molecular weight excluding hydrogens is 518 g/mol. The minimum absolute atomic E-state index is 0.180. The number of hydrogen-bond acceptors (Lipinski definition) is 6. The number of nitrogens with zero attached hydrogens (tertiary/aromatic N) is 2. The average Bonchev–Trinajstić information content (AvgIpc) is 3.49. The lowest BCUT2D eigenvalue weighted by molar-refractivity contribution is -0.171. The Morgan fingerprint density at radius 1 is 1.13 bits per heavy atom. The zero-order valence-electron chi connectivity index (χ0n) is 23.1. The molecule has 0 amide bonds. The molecule has 2 heterocycles. The van der Waals surface area contributed by atoms with Crippen LogP contribution in [-0.4, -0.2) is 40.1 Å². The largest absolute Gasteiger partial charge is 0.475 e. The fraction of sp³-hybridized carbons (Fsp3) is 0.700. The summed E-state index contributed by atoms with van der Waals surface area (Å²) in [6.07, 6.45) is 11.4. The molecule has 1 aromatic carbocycles. The van der Waals surface area contributed by atoms with E-state index in [-0.39, 0.29) is 35.2 Å². The van der Waals surface area contributed by atoms with Gasteiger partial charge in [0.1, 0.15) is 5.82 Å². The average molecular weight is 561 g/mol. The van der Waals surface area contributed by atoms with Crippen molar-refractivity contribution in [3.63, 3.8) is 0 Å². The maximum atomic E-state index is 15.0. The van der Waals surface area contributed by atoms with E-state index in [1.165, 1.54) is 6.07 Å². The Balaban J connectivity index is 1.19. The Labute approximate surface area is 231 Å². The van der Waals surface area contributed by atoms with Crippen LogP contribution in [0, 0.1) is 29.0 Å². The van der Waals surface area contributed by atoms with Crippen molar-refractivity contribution in [1.82, 2.24) is 9.55 Å². The number of imidazole rings is 1. The van der Waals surface area contributed by atoms with E-state index in [2.05, 4.69) is 18.8 Å². The van der Waals surface area contributed by atoms with Crippen LogP contribution in [0.3, 0.4) is 0 Å². The molecule has 5 aliphatic rings. The molecule has 1 aliphatic heterocycles. The van der Waals surface area contributed by atoms with Crippen LogP contribution in [0.2, 0.25) is 0 Å². The first-order chi connectivity index (χ1) is 18.9. The molecule has 4 aliphatic carbocycles. The molecule has 2 aromatic rings. The van der Waals surface area contributed by atoms with E-state index in [9.17, 15) is 9.67 Å². The number of benzene rings is 1. The lowest BCUT2D eigenvalue weighted by Gasteiger charge is -2.61. The van der Waals surface area contributed by atoms with Gasteiger partial charge in [-0.1, -0.05) is 38.8 Å². The molecule has 39 heavy (non-hydrogen) atoms. The van der Waals surface area contributed by atoms with Crippen molar-refractivity contribution in [2.24, 2.45) is 23.2 Å². The van der Waals surface area contributed by atoms with Crippen molar-refractivity contribution in [3.8, 4) is 11.3 Å². The molecule has 7 rings (SSSR count). The molecule has 4 atom stereocenters. The second kappa shape index (κ2) is 11.0. The van der Waals surface area contributed by atoms with Crippen LogP contribution in [0.1, 0.15) is 89.7 Å². The van der Waals surface area contributed by atoms with E-state index in [1.54, 1.807) is 18.6 Å². The highest BCUT2D eigenvalue weighted by molar-refractivity contribution is 7.48. The van der Waals surface area contributed by atoms with Crippen molar-refractivity contribution < 1.29 is 27.6 Å². The van der Waals surface area contributed by atoms with Gasteiger partial charge in [-0.2, -0.15) is 0 Å². The molecule has 4 bridgehead atoms. The highest BCUT2D eigenvalue weighted by atomic mass is 31.2. The normalized spacial score (nSPS) is 31.4. The first-order valence-electron chi connectivity index (χ1n) is 14.9. The van der Waals surface area contributed by atoms with E-state index >= 15 is 4.39 Å². The van der Waals surface area contributed by atoms with Gasteiger partial charge in [-0.25, -0.2) is 13.9 Å². The molecule has 214 valence electrons. The molecular formula is C30H42FN2O5P. The number of unbranched alkanes of at least 4 members (excludes halogenated alkanes) is 2. The summed E-state index contributed by atoms with van der Waals surface area (Å²) in [4.78, 5) is 4.31. The summed E-state index contributed by atoms with van der Waals surface area (Å²) in [5, 5.41) is 11.9. The van der Waals surface area contributed by atoms with Gasteiger partial charge in [0.25, 0.3) is 0 Å². The van der Waals surface area contributed by atoms with E-state index in [1.807, 2.05) is 10.6 Å². The SMILES string of the molecule is CCCCOP(=O)(OCCCC)OC1C2CC3CC1CC(C(O)CC1c4c(F)cccc4-c4cncn41)(C3)C2. The first-order valence-corrected chi connectivity index (χ1v) is 16.4. The number of aliphatic hydroxyl groups is 1. The Morgan fingerprint density at radius 2 is 1.82 bits per heavy atom. The van der Waals surface area contributed by atoms with Gasteiger partial charge in [0.05, 0.1) is 49.7 Å². The van der Waals surface area contributed by atoms with Gasteiger partial charge in [0.2, 0.25) is 0 Å². The number of aromatic nitrogens is 2. The second-order valence-corrected chi connectivity index (χ2v) is 14.0. The first kappa shape index (κ1) is 27.6. The van der Waals surface area contributed by atoms with Gasteiger partial charge in [-0.15, -0.1) is 0 Å². The molecule has 0 saturated heterocycles. The van der Waals surface area contributed by atoms with Gasteiger partial charge in [-0.3, -0.25) is 13.6 Å². The van der Waals surface area contributed by atoms with Crippen LogP contribution in [0.25, 0.3) is 11.3 Å². The minimum atomic E-state index is -3.66. The number of phosphoric ester groups is 1. The Kier molecular flexibility index (Phi) is 7.79. The van der Waals surface area contributed by atoms with E-state index in [4.69, 9.17) is 13.6 Å². The van der Waals surface area contributed by atoms with Crippen LogP contribution < -0.4 is 0 Å². The van der Waals surface area contributed by atoms with Crippen LogP contribution in [0.15, 0.2) is 30.7 Å². The third-order valence-electron chi connectivity index (χ3n) is 9.80. The number of halogens is 1. The lowest BCUT2D eigenvalue weighted by atomic mass is 9.47. The number of rotatable bonds is 13. The molecule has 0 radical (unpaired) electrons. The monoisotopic (exact) mass is 560 g/mol. The van der Waals surface area contributed by atoms with Gasteiger partial charge in [0, 0.05) is 11.1 Å². The third kappa shape index (κ3) is 5.05. The zero-order valence-corrected chi connectivity index (χ0v) is 24.0. The molecule has 4 fully saturated rings. The Hall–Kier alpha value is -1.57.